The summed E-state index contributed by atoms with van der Waals surface area (Å²) in [7, 11) is -4.07. The van der Waals surface area contributed by atoms with Crippen molar-refractivity contribution in [1.29, 1.82) is 0 Å². The molecule has 0 saturated carbocycles. The molecule has 4 rings (SSSR count). The number of phenols is 1. The van der Waals surface area contributed by atoms with Crippen LogP contribution in [0.3, 0.4) is 0 Å². The van der Waals surface area contributed by atoms with E-state index in [0.29, 0.717) is 24.5 Å². The fourth-order valence-corrected chi connectivity index (χ4v) is 5.14. The number of aliphatic hydroxyl groups is 1. The van der Waals surface area contributed by atoms with Crippen LogP contribution in [0.5, 0.6) is 5.75 Å². The molecule has 1 saturated heterocycles. The molecule has 2 aromatic rings. The number of para-hydroxylation sites is 1. The van der Waals surface area contributed by atoms with Crippen LogP contribution in [0.4, 0.5) is 5.69 Å². The van der Waals surface area contributed by atoms with E-state index in [1.54, 1.807) is 12.1 Å². The standard InChI is InChI=1S/C24H31N5O6S/c1-14-10-11-18(35-14)20(24(2,3)4)26-22-21(27-36(33,34)28-22)25-17-9-5-8-16(19(17)31)23(32)29-12-6-7-15(29)13-30/h5,8-11,15,20,30-31H,6-7,12-13H2,1-4H3,(H,25,27)(H,26,28)/t15-,20-/m0/s1. The third-order valence-electron chi connectivity index (χ3n) is 6.14. The normalized spacial score (nSPS) is 21.4. The minimum absolute atomic E-state index is 0.0341. The Balaban J connectivity index is 1.67. The number of aryl methyl sites for hydroxylation is 1. The first kappa shape index (κ1) is 25.7. The van der Waals surface area contributed by atoms with E-state index in [0.717, 1.165) is 6.42 Å². The predicted octanol–water partition coefficient (Wildman–Crippen LogP) is 2.73. The molecule has 2 aliphatic rings. The van der Waals surface area contributed by atoms with Crippen molar-refractivity contribution in [2.24, 2.45) is 14.8 Å². The number of rotatable bonds is 5. The van der Waals surface area contributed by atoms with Crippen LogP contribution in [0.15, 0.2) is 44.1 Å². The van der Waals surface area contributed by atoms with Gasteiger partial charge in [0, 0.05) is 6.54 Å². The summed E-state index contributed by atoms with van der Waals surface area (Å²) in [5.74, 6) is 0.332. The fraction of sp³-hybridized carbons (Fsp3) is 0.458. The SMILES string of the molecule is Cc1ccc([C@H](N=C2NS(=O)(=O)N=C2Nc2cccc(C(=O)N3CCC[C@H]3CO)c2O)C(C)(C)C)o1. The molecule has 36 heavy (non-hydrogen) atoms. The lowest BCUT2D eigenvalue weighted by atomic mass is 9.85. The lowest BCUT2D eigenvalue weighted by molar-refractivity contribution is 0.0674. The number of hydrogen-bond acceptors (Lipinski definition) is 8. The van der Waals surface area contributed by atoms with Gasteiger partial charge in [0.25, 0.3) is 5.91 Å². The number of aromatic hydroxyl groups is 1. The van der Waals surface area contributed by atoms with Crippen molar-refractivity contribution in [3.63, 3.8) is 0 Å². The Kier molecular flexibility index (Phi) is 6.84. The van der Waals surface area contributed by atoms with Gasteiger partial charge in [0.1, 0.15) is 17.6 Å². The molecular weight excluding hydrogens is 486 g/mol. The molecule has 194 valence electrons. The largest absolute Gasteiger partial charge is 0.505 e. The molecular formula is C24H31N5O6S. The smallest absolute Gasteiger partial charge is 0.345 e. The van der Waals surface area contributed by atoms with E-state index in [9.17, 15) is 23.4 Å². The highest BCUT2D eigenvalue weighted by Crippen LogP contribution is 2.38. The maximum atomic E-state index is 13.1. The van der Waals surface area contributed by atoms with Crippen LogP contribution in [0, 0.1) is 12.3 Å². The van der Waals surface area contributed by atoms with E-state index in [2.05, 4.69) is 19.4 Å². The zero-order valence-corrected chi connectivity index (χ0v) is 21.5. The van der Waals surface area contributed by atoms with Crippen molar-refractivity contribution in [1.82, 2.24) is 9.62 Å². The van der Waals surface area contributed by atoms with Gasteiger partial charge in [-0.1, -0.05) is 26.8 Å². The van der Waals surface area contributed by atoms with E-state index in [1.165, 1.54) is 17.0 Å². The highest BCUT2D eigenvalue weighted by atomic mass is 32.2. The topological polar surface area (TPSA) is 157 Å². The van der Waals surface area contributed by atoms with Gasteiger partial charge in [-0.3, -0.25) is 9.79 Å². The van der Waals surface area contributed by atoms with Crippen LogP contribution in [-0.4, -0.2) is 60.3 Å². The molecule has 0 radical (unpaired) electrons. The number of benzene rings is 1. The molecule has 11 nitrogen and oxygen atoms in total. The number of nitrogens with zero attached hydrogens (tertiary/aromatic N) is 3. The zero-order valence-electron chi connectivity index (χ0n) is 20.6. The number of phenolic OH excluding ortho intramolecular Hbond substituents is 1. The minimum Gasteiger partial charge on any atom is -0.505 e. The van der Waals surface area contributed by atoms with Gasteiger partial charge in [-0.15, -0.1) is 4.40 Å². The van der Waals surface area contributed by atoms with E-state index >= 15 is 0 Å². The lowest BCUT2D eigenvalue weighted by Crippen LogP contribution is -2.37. The number of furan rings is 1. The van der Waals surface area contributed by atoms with Crippen LogP contribution in [0.2, 0.25) is 0 Å². The second-order valence-corrected chi connectivity index (χ2v) is 11.4. The van der Waals surface area contributed by atoms with E-state index in [1.807, 2.05) is 33.8 Å². The van der Waals surface area contributed by atoms with E-state index in [4.69, 9.17) is 4.42 Å². The number of anilines is 1. The van der Waals surface area contributed by atoms with Crippen molar-refractivity contribution >= 4 is 33.5 Å². The van der Waals surface area contributed by atoms with Gasteiger partial charge in [0.2, 0.25) is 0 Å². The van der Waals surface area contributed by atoms with Crippen molar-refractivity contribution in [2.75, 3.05) is 18.5 Å². The first-order valence-corrected chi connectivity index (χ1v) is 13.1. The Bertz CT molecular complexity index is 1320. The van der Waals surface area contributed by atoms with Crippen LogP contribution in [-0.2, 0) is 10.2 Å². The second kappa shape index (κ2) is 9.58. The Morgan fingerprint density at radius 1 is 1.33 bits per heavy atom. The summed E-state index contributed by atoms with van der Waals surface area (Å²) in [5.41, 5.74) is -0.303. The molecule has 12 heteroatoms. The number of aliphatic hydroxyl groups excluding tert-OH is 1. The number of carbonyl (C=O) groups excluding carboxylic acids is 1. The number of amides is 1. The second-order valence-electron chi connectivity index (χ2n) is 10.0. The molecule has 3 heterocycles. The predicted molar refractivity (Wildman–Crippen MR) is 135 cm³/mol. The monoisotopic (exact) mass is 517 g/mol. The lowest BCUT2D eigenvalue weighted by Gasteiger charge is -2.26. The zero-order chi connectivity index (χ0) is 26.3. The number of aliphatic imine (C=N–C) groups is 1. The fourth-order valence-electron chi connectivity index (χ4n) is 4.33. The third-order valence-corrected chi connectivity index (χ3v) is 7.01. The van der Waals surface area contributed by atoms with Gasteiger partial charge in [0.05, 0.1) is 23.9 Å². The molecule has 1 aromatic heterocycles. The summed E-state index contributed by atoms with van der Waals surface area (Å²) >= 11 is 0. The van der Waals surface area contributed by atoms with E-state index in [-0.39, 0.29) is 41.3 Å². The number of hydrogen-bond donors (Lipinski definition) is 4. The average molecular weight is 518 g/mol. The maximum Gasteiger partial charge on any atom is 0.345 e. The van der Waals surface area contributed by atoms with Crippen molar-refractivity contribution in [3.05, 3.63) is 47.4 Å². The molecule has 1 fully saturated rings. The first-order chi connectivity index (χ1) is 16.9. The molecule has 0 bridgehead atoms. The Hall–Kier alpha value is -3.38. The number of nitrogens with one attached hydrogen (secondary N) is 2. The summed E-state index contributed by atoms with van der Waals surface area (Å²) in [5, 5.41) is 23.3. The molecule has 1 amide bonds. The Morgan fingerprint density at radius 3 is 2.72 bits per heavy atom. The Morgan fingerprint density at radius 2 is 2.08 bits per heavy atom. The van der Waals surface area contributed by atoms with Crippen molar-refractivity contribution in [2.45, 2.75) is 52.6 Å². The van der Waals surface area contributed by atoms with Crippen LogP contribution in [0.25, 0.3) is 0 Å². The third kappa shape index (κ3) is 5.24. The van der Waals surface area contributed by atoms with Gasteiger partial charge in [-0.25, -0.2) is 4.72 Å². The summed E-state index contributed by atoms with van der Waals surface area (Å²) in [6, 6.07) is 7.30. The molecule has 2 aliphatic heterocycles. The highest BCUT2D eigenvalue weighted by molar-refractivity contribution is 7.89. The minimum atomic E-state index is -4.07. The highest BCUT2D eigenvalue weighted by Gasteiger charge is 2.35. The van der Waals surface area contributed by atoms with E-state index < -0.39 is 27.6 Å². The number of likely N-dealkylation sites (tertiary alicyclic amines) is 1. The summed E-state index contributed by atoms with van der Waals surface area (Å²) in [6.45, 7) is 7.98. The molecule has 1 aromatic carbocycles. The maximum absolute atomic E-state index is 13.1. The molecule has 2 atom stereocenters. The van der Waals surface area contributed by atoms with Gasteiger partial charge < -0.3 is 24.8 Å². The molecule has 4 N–H and O–H groups in total. The summed E-state index contributed by atoms with van der Waals surface area (Å²) in [6.07, 6.45) is 1.45. The van der Waals surface area contributed by atoms with Crippen LogP contribution < -0.4 is 10.0 Å². The van der Waals surface area contributed by atoms with Gasteiger partial charge in [0.15, 0.2) is 17.4 Å². The molecule has 0 aliphatic carbocycles. The molecule has 0 unspecified atom stereocenters. The van der Waals surface area contributed by atoms with Crippen LogP contribution in [0.1, 0.15) is 61.5 Å². The quantitative estimate of drug-likeness (QED) is 0.444. The van der Waals surface area contributed by atoms with Gasteiger partial charge >= 0.3 is 10.2 Å². The molecule has 0 spiro atoms. The van der Waals surface area contributed by atoms with Gasteiger partial charge in [-0.05, 0) is 49.4 Å². The van der Waals surface area contributed by atoms with Crippen LogP contribution >= 0.6 is 0 Å². The van der Waals surface area contributed by atoms with Crippen molar-refractivity contribution in [3.8, 4) is 5.75 Å². The average Bonchev–Trinajstić information content (AvgIpc) is 3.50. The number of carbonyl (C=O) groups is 1. The number of amidine groups is 2. The first-order valence-electron chi connectivity index (χ1n) is 11.7. The summed E-state index contributed by atoms with van der Waals surface area (Å²) < 4.78 is 36.5. The Labute approximate surface area is 210 Å². The van der Waals surface area contributed by atoms with Crippen molar-refractivity contribution < 1.29 is 27.8 Å². The summed E-state index contributed by atoms with van der Waals surface area (Å²) in [4.78, 5) is 19.2. The van der Waals surface area contributed by atoms with Gasteiger partial charge in [-0.2, -0.15) is 8.42 Å².